The van der Waals surface area contributed by atoms with E-state index in [0.717, 1.165) is 0 Å². The summed E-state index contributed by atoms with van der Waals surface area (Å²) in [6.45, 7) is 3.16. The Labute approximate surface area is 63.7 Å². The lowest BCUT2D eigenvalue weighted by molar-refractivity contribution is 1.15. The summed E-state index contributed by atoms with van der Waals surface area (Å²) in [5, 5.41) is 6.76. The van der Waals surface area contributed by atoms with Gasteiger partial charge in [-0.05, 0) is 0 Å². The van der Waals surface area contributed by atoms with Crippen molar-refractivity contribution in [3.8, 4) is 0 Å². The minimum Gasteiger partial charge on any atom is -0.380 e. The standard InChI is InChI=1S/C6H7N5/c1-8-11-6(7)5-4-9-2-3-10-5/h2-4H,1H2,(H2,7,11). The highest BCUT2D eigenvalue weighted by atomic mass is 15.2. The summed E-state index contributed by atoms with van der Waals surface area (Å²) in [7, 11) is 0. The number of hydrogen-bond acceptors (Lipinski definition) is 4. The van der Waals surface area contributed by atoms with E-state index >= 15 is 0 Å². The van der Waals surface area contributed by atoms with Crippen LogP contribution in [0.4, 0.5) is 0 Å². The largest absolute Gasteiger partial charge is 0.380 e. The van der Waals surface area contributed by atoms with E-state index in [1.165, 1.54) is 12.4 Å². The Morgan fingerprint density at radius 1 is 1.55 bits per heavy atom. The topological polar surface area (TPSA) is 76.5 Å². The molecule has 0 spiro atoms. The Hall–Kier alpha value is -1.78. The molecule has 0 saturated carbocycles. The number of aromatic nitrogens is 2. The van der Waals surface area contributed by atoms with Crippen LogP contribution in [0, 0.1) is 0 Å². The molecule has 1 aromatic rings. The second kappa shape index (κ2) is 3.40. The van der Waals surface area contributed by atoms with Gasteiger partial charge in [0, 0.05) is 19.1 Å². The number of amidine groups is 1. The molecule has 5 heteroatoms. The van der Waals surface area contributed by atoms with Gasteiger partial charge in [0.15, 0.2) is 5.84 Å². The summed E-state index contributed by atoms with van der Waals surface area (Å²) >= 11 is 0. The molecule has 0 atom stereocenters. The first-order valence-electron chi connectivity index (χ1n) is 2.90. The molecule has 1 aromatic heterocycles. The van der Waals surface area contributed by atoms with Gasteiger partial charge in [-0.2, -0.15) is 5.10 Å². The van der Waals surface area contributed by atoms with Crippen molar-refractivity contribution in [1.29, 1.82) is 0 Å². The third-order valence-electron chi connectivity index (χ3n) is 1.00. The van der Waals surface area contributed by atoms with Crippen LogP contribution >= 0.6 is 0 Å². The number of rotatable bonds is 2. The molecule has 56 valence electrons. The second-order valence-corrected chi connectivity index (χ2v) is 1.72. The average Bonchev–Trinajstić information content (AvgIpc) is 2.07. The first-order chi connectivity index (χ1) is 5.34. The fourth-order valence-corrected chi connectivity index (χ4v) is 0.559. The third kappa shape index (κ3) is 1.82. The quantitative estimate of drug-likeness (QED) is 0.359. The zero-order valence-electron chi connectivity index (χ0n) is 5.81. The summed E-state index contributed by atoms with van der Waals surface area (Å²) in [5.41, 5.74) is 5.92. The Morgan fingerprint density at radius 3 is 2.91 bits per heavy atom. The van der Waals surface area contributed by atoms with Gasteiger partial charge in [0.25, 0.3) is 0 Å². The van der Waals surface area contributed by atoms with Crippen LogP contribution in [0.25, 0.3) is 0 Å². The number of nitrogens with zero attached hydrogens (tertiary/aromatic N) is 4. The third-order valence-corrected chi connectivity index (χ3v) is 1.00. The normalized spacial score (nSPS) is 11.1. The molecule has 0 fully saturated rings. The molecular weight excluding hydrogens is 142 g/mol. The van der Waals surface area contributed by atoms with E-state index in [2.05, 4.69) is 26.9 Å². The molecular formula is C6H7N5. The molecule has 0 aromatic carbocycles. The molecule has 0 aliphatic carbocycles. The maximum absolute atomic E-state index is 5.42. The molecule has 0 saturated heterocycles. The molecule has 0 bridgehead atoms. The predicted octanol–water partition coefficient (Wildman–Crippen LogP) is -0.203. The van der Waals surface area contributed by atoms with E-state index in [1.54, 1.807) is 6.20 Å². The molecule has 0 aliphatic rings. The first kappa shape index (κ1) is 7.33. The van der Waals surface area contributed by atoms with Gasteiger partial charge in [0.05, 0.1) is 6.20 Å². The van der Waals surface area contributed by atoms with Crippen molar-refractivity contribution in [2.24, 2.45) is 15.9 Å². The molecule has 0 unspecified atom stereocenters. The highest BCUT2D eigenvalue weighted by Crippen LogP contribution is 1.88. The molecule has 1 heterocycles. The zero-order valence-corrected chi connectivity index (χ0v) is 5.81. The van der Waals surface area contributed by atoms with Crippen molar-refractivity contribution in [2.45, 2.75) is 0 Å². The van der Waals surface area contributed by atoms with E-state index in [-0.39, 0.29) is 5.84 Å². The average molecular weight is 149 g/mol. The van der Waals surface area contributed by atoms with Crippen LogP contribution in [-0.2, 0) is 0 Å². The molecule has 1 rings (SSSR count). The summed E-state index contributed by atoms with van der Waals surface area (Å²) in [5.74, 6) is 0.216. The van der Waals surface area contributed by atoms with Crippen LogP contribution in [0.5, 0.6) is 0 Å². The van der Waals surface area contributed by atoms with Crippen LogP contribution in [0.3, 0.4) is 0 Å². The van der Waals surface area contributed by atoms with Gasteiger partial charge < -0.3 is 5.73 Å². The van der Waals surface area contributed by atoms with Crippen molar-refractivity contribution < 1.29 is 0 Å². The first-order valence-corrected chi connectivity index (χ1v) is 2.90. The Bertz CT molecular complexity index is 266. The minimum atomic E-state index is 0.216. The van der Waals surface area contributed by atoms with Crippen LogP contribution in [0.1, 0.15) is 5.69 Å². The lowest BCUT2D eigenvalue weighted by atomic mass is 10.4. The van der Waals surface area contributed by atoms with E-state index in [4.69, 9.17) is 5.73 Å². The number of hydrogen-bond donors (Lipinski definition) is 1. The molecule has 11 heavy (non-hydrogen) atoms. The Morgan fingerprint density at radius 2 is 2.36 bits per heavy atom. The second-order valence-electron chi connectivity index (χ2n) is 1.72. The van der Waals surface area contributed by atoms with E-state index in [1.807, 2.05) is 0 Å². The highest BCUT2D eigenvalue weighted by molar-refractivity contribution is 5.95. The predicted molar refractivity (Wildman–Crippen MR) is 42.3 cm³/mol. The van der Waals surface area contributed by atoms with Gasteiger partial charge in [-0.15, -0.1) is 5.10 Å². The van der Waals surface area contributed by atoms with E-state index in [0.29, 0.717) is 5.69 Å². The van der Waals surface area contributed by atoms with Crippen molar-refractivity contribution in [3.63, 3.8) is 0 Å². The Balaban J connectivity index is 2.94. The van der Waals surface area contributed by atoms with E-state index < -0.39 is 0 Å². The van der Waals surface area contributed by atoms with Gasteiger partial charge in [0.2, 0.25) is 0 Å². The Kier molecular flexibility index (Phi) is 2.27. The minimum absolute atomic E-state index is 0.216. The highest BCUT2D eigenvalue weighted by Gasteiger charge is 1.96. The summed E-state index contributed by atoms with van der Waals surface area (Å²) in [6, 6.07) is 0. The van der Waals surface area contributed by atoms with E-state index in [9.17, 15) is 0 Å². The van der Waals surface area contributed by atoms with Crippen molar-refractivity contribution in [2.75, 3.05) is 0 Å². The fraction of sp³-hybridized carbons (Fsp3) is 0. The molecule has 0 amide bonds. The SMILES string of the molecule is C=NN=C(N)c1cnccn1. The molecule has 2 N–H and O–H groups in total. The molecule has 0 radical (unpaired) electrons. The summed E-state index contributed by atoms with van der Waals surface area (Å²) in [6.07, 6.45) is 4.59. The zero-order chi connectivity index (χ0) is 8.10. The monoisotopic (exact) mass is 149 g/mol. The van der Waals surface area contributed by atoms with Crippen LogP contribution < -0.4 is 5.73 Å². The van der Waals surface area contributed by atoms with Crippen molar-refractivity contribution in [3.05, 3.63) is 24.3 Å². The van der Waals surface area contributed by atoms with Gasteiger partial charge >= 0.3 is 0 Å². The summed E-state index contributed by atoms with van der Waals surface area (Å²) < 4.78 is 0. The lowest BCUT2D eigenvalue weighted by Gasteiger charge is -1.93. The van der Waals surface area contributed by atoms with Gasteiger partial charge in [0.1, 0.15) is 5.69 Å². The summed E-state index contributed by atoms with van der Waals surface area (Å²) in [4.78, 5) is 7.69. The fourth-order valence-electron chi connectivity index (χ4n) is 0.559. The smallest absolute Gasteiger partial charge is 0.173 e. The van der Waals surface area contributed by atoms with Crippen LogP contribution in [0.2, 0.25) is 0 Å². The van der Waals surface area contributed by atoms with Crippen LogP contribution in [-0.4, -0.2) is 22.5 Å². The number of nitrogens with two attached hydrogens (primary N) is 1. The van der Waals surface area contributed by atoms with Gasteiger partial charge in [-0.1, -0.05) is 0 Å². The van der Waals surface area contributed by atoms with Gasteiger partial charge in [-0.25, -0.2) is 4.98 Å². The molecule has 0 aliphatic heterocycles. The van der Waals surface area contributed by atoms with Crippen molar-refractivity contribution in [1.82, 2.24) is 9.97 Å². The van der Waals surface area contributed by atoms with Crippen LogP contribution in [0.15, 0.2) is 28.8 Å². The van der Waals surface area contributed by atoms with Gasteiger partial charge in [-0.3, -0.25) is 4.98 Å². The maximum Gasteiger partial charge on any atom is 0.173 e. The maximum atomic E-state index is 5.42. The van der Waals surface area contributed by atoms with Crippen molar-refractivity contribution >= 4 is 12.6 Å². The lowest BCUT2D eigenvalue weighted by Crippen LogP contribution is -2.14. The molecule has 5 nitrogen and oxygen atoms in total.